The molecule has 15 heavy (non-hydrogen) atoms. The van der Waals surface area contributed by atoms with E-state index in [0.29, 0.717) is 0 Å². The molecule has 0 unspecified atom stereocenters. The first-order chi connectivity index (χ1) is 7.09. The van der Waals surface area contributed by atoms with Crippen molar-refractivity contribution in [1.29, 1.82) is 0 Å². The lowest BCUT2D eigenvalue weighted by molar-refractivity contribution is 0.627. The molecule has 0 atom stereocenters. The van der Waals surface area contributed by atoms with Gasteiger partial charge in [-0.05, 0) is 60.7 Å². The number of aromatic nitrogens is 2. The number of rotatable bonds is 1. The van der Waals surface area contributed by atoms with E-state index in [1.807, 2.05) is 18.5 Å². The van der Waals surface area contributed by atoms with Crippen molar-refractivity contribution in [1.82, 2.24) is 9.78 Å². The molecule has 1 aromatic heterocycles. The van der Waals surface area contributed by atoms with Crippen LogP contribution in [0.15, 0.2) is 24.3 Å². The molecule has 1 heterocycles. The molecule has 78 valence electrons. The highest BCUT2D eigenvalue weighted by atomic mass is 127. The van der Waals surface area contributed by atoms with Gasteiger partial charge in [0.05, 0.1) is 20.6 Å². The number of aryl methyl sites for hydroxylation is 1. The Morgan fingerprint density at radius 1 is 1.20 bits per heavy atom. The average molecular weight is 316 g/mol. The van der Waals surface area contributed by atoms with E-state index in [1.165, 1.54) is 12.1 Å². The molecular weight excluding hydrogens is 306 g/mol. The van der Waals surface area contributed by atoms with Crippen molar-refractivity contribution in [3.05, 3.63) is 45.0 Å². The van der Waals surface area contributed by atoms with Crippen molar-refractivity contribution in [2.75, 3.05) is 0 Å². The summed E-state index contributed by atoms with van der Waals surface area (Å²) in [5.41, 5.74) is 2.97. The fourth-order valence-corrected chi connectivity index (χ4v) is 1.79. The van der Waals surface area contributed by atoms with Crippen LogP contribution in [0.4, 0.5) is 4.39 Å². The summed E-state index contributed by atoms with van der Waals surface area (Å²) in [6.45, 7) is 3.97. The van der Waals surface area contributed by atoms with Crippen molar-refractivity contribution in [2.45, 2.75) is 13.8 Å². The van der Waals surface area contributed by atoms with Crippen LogP contribution in [0.2, 0.25) is 0 Å². The lowest BCUT2D eigenvalue weighted by atomic mass is 10.3. The van der Waals surface area contributed by atoms with Crippen LogP contribution >= 0.6 is 22.6 Å². The zero-order valence-corrected chi connectivity index (χ0v) is 10.6. The minimum absolute atomic E-state index is 0.227. The van der Waals surface area contributed by atoms with Crippen molar-refractivity contribution in [3.63, 3.8) is 0 Å². The molecule has 2 rings (SSSR count). The zero-order chi connectivity index (χ0) is 11.0. The Hall–Kier alpha value is -0.910. The van der Waals surface area contributed by atoms with Gasteiger partial charge in [-0.15, -0.1) is 0 Å². The van der Waals surface area contributed by atoms with Crippen molar-refractivity contribution in [2.24, 2.45) is 0 Å². The first-order valence-electron chi connectivity index (χ1n) is 4.57. The molecule has 2 aromatic rings. The molecule has 0 radical (unpaired) electrons. The second-order valence-electron chi connectivity index (χ2n) is 3.37. The molecular formula is C11H10FIN2. The monoisotopic (exact) mass is 316 g/mol. The predicted molar refractivity (Wildman–Crippen MR) is 65.7 cm³/mol. The molecule has 2 nitrogen and oxygen atoms in total. The third-order valence-corrected chi connectivity index (χ3v) is 3.84. The molecule has 0 aliphatic carbocycles. The number of hydrogen-bond donors (Lipinski definition) is 0. The third-order valence-electron chi connectivity index (χ3n) is 2.27. The molecule has 4 heteroatoms. The summed E-state index contributed by atoms with van der Waals surface area (Å²) >= 11 is 2.27. The molecule has 0 N–H and O–H groups in total. The van der Waals surface area contributed by atoms with Gasteiger partial charge in [0.2, 0.25) is 0 Å². The Morgan fingerprint density at radius 3 is 2.27 bits per heavy atom. The summed E-state index contributed by atoms with van der Waals surface area (Å²) in [6, 6.07) is 6.34. The normalized spacial score (nSPS) is 10.7. The summed E-state index contributed by atoms with van der Waals surface area (Å²) in [5.74, 6) is -0.227. The standard InChI is InChI=1S/C11H10FIN2/c1-7-11(13)8(2)15(14-7)10-5-3-9(12)4-6-10/h3-6H,1-2H3. The van der Waals surface area contributed by atoms with Crippen LogP contribution in [0.5, 0.6) is 0 Å². The predicted octanol–water partition coefficient (Wildman–Crippen LogP) is 3.23. The maximum absolute atomic E-state index is 12.8. The first-order valence-corrected chi connectivity index (χ1v) is 5.65. The summed E-state index contributed by atoms with van der Waals surface area (Å²) in [7, 11) is 0. The SMILES string of the molecule is Cc1nn(-c2ccc(F)cc2)c(C)c1I. The van der Waals surface area contributed by atoms with Gasteiger partial charge in [0.15, 0.2) is 0 Å². The van der Waals surface area contributed by atoms with Gasteiger partial charge in [-0.3, -0.25) is 0 Å². The minimum atomic E-state index is -0.227. The second kappa shape index (κ2) is 3.92. The summed E-state index contributed by atoms with van der Waals surface area (Å²) in [4.78, 5) is 0. The summed E-state index contributed by atoms with van der Waals surface area (Å²) < 4.78 is 15.7. The highest BCUT2D eigenvalue weighted by Gasteiger charge is 2.09. The average Bonchev–Trinajstić information content (AvgIpc) is 2.47. The van der Waals surface area contributed by atoms with Crippen molar-refractivity contribution >= 4 is 22.6 Å². The highest BCUT2D eigenvalue weighted by molar-refractivity contribution is 14.1. The van der Waals surface area contributed by atoms with Crippen molar-refractivity contribution in [3.8, 4) is 5.69 Å². The maximum Gasteiger partial charge on any atom is 0.123 e. The highest BCUT2D eigenvalue weighted by Crippen LogP contribution is 2.19. The van der Waals surface area contributed by atoms with Crippen LogP contribution in [-0.4, -0.2) is 9.78 Å². The first kappa shape index (κ1) is 10.6. The largest absolute Gasteiger partial charge is 0.237 e. The smallest absolute Gasteiger partial charge is 0.123 e. The number of benzene rings is 1. The van der Waals surface area contributed by atoms with Crippen LogP contribution in [0.3, 0.4) is 0 Å². The van der Waals surface area contributed by atoms with E-state index in [2.05, 4.69) is 27.7 Å². The molecule has 0 amide bonds. The van der Waals surface area contributed by atoms with Gasteiger partial charge in [0.25, 0.3) is 0 Å². The Morgan fingerprint density at radius 2 is 1.80 bits per heavy atom. The molecule has 0 saturated heterocycles. The summed E-state index contributed by atoms with van der Waals surface area (Å²) in [6.07, 6.45) is 0. The van der Waals surface area contributed by atoms with Crippen molar-refractivity contribution < 1.29 is 4.39 Å². The van der Waals surface area contributed by atoms with Crippen LogP contribution in [0.25, 0.3) is 5.69 Å². The molecule has 0 saturated carbocycles. The summed E-state index contributed by atoms with van der Waals surface area (Å²) in [5, 5.41) is 4.40. The molecule has 0 fully saturated rings. The van der Waals surface area contributed by atoms with Gasteiger partial charge < -0.3 is 0 Å². The Kier molecular flexibility index (Phi) is 2.77. The van der Waals surface area contributed by atoms with E-state index in [4.69, 9.17) is 0 Å². The van der Waals surface area contributed by atoms with E-state index in [9.17, 15) is 4.39 Å². The van der Waals surface area contributed by atoms with Gasteiger partial charge in [-0.2, -0.15) is 5.10 Å². The van der Waals surface area contributed by atoms with E-state index < -0.39 is 0 Å². The van der Waals surface area contributed by atoms with Gasteiger partial charge in [-0.1, -0.05) is 0 Å². The van der Waals surface area contributed by atoms with E-state index in [0.717, 1.165) is 20.6 Å². The topological polar surface area (TPSA) is 17.8 Å². The van der Waals surface area contributed by atoms with Gasteiger partial charge in [0.1, 0.15) is 5.82 Å². The molecule has 0 aliphatic heterocycles. The fourth-order valence-electron chi connectivity index (χ4n) is 1.46. The number of nitrogens with zero attached hydrogens (tertiary/aromatic N) is 2. The van der Waals surface area contributed by atoms with Crippen LogP contribution < -0.4 is 0 Å². The van der Waals surface area contributed by atoms with Crippen LogP contribution in [0.1, 0.15) is 11.4 Å². The number of hydrogen-bond acceptors (Lipinski definition) is 1. The Labute approximate surface area is 101 Å². The lowest BCUT2D eigenvalue weighted by Gasteiger charge is -2.03. The quantitative estimate of drug-likeness (QED) is 0.739. The second-order valence-corrected chi connectivity index (χ2v) is 4.45. The lowest BCUT2D eigenvalue weighted by Crippen LogP contribution is -1.98. The van der Waals surface area contributed by atoms with Gasteiger partial charge in [-0.25, -0.2) is 9.07 Å². The third kappa shape index (κ3) is 1.90. The van der Waals surface area contributed by atoms with E-state index in [-0.39, 0.29) is 5.82 Å². The van der Waals surface area contributed by atoms with Gasteiger partial charge in [0, 0.05) is 0 Å². The van der Waals surface area contributed by atoms with E-state index >= 15 is 0 Å². The molecule has 0 aliphatic rings. The maximum atomic E-state index is 12.8. The molecule has 0 bridgehead atoms. The van der Waals surface area contributed by atoms with E-state index in [1.54, 1.807) is 12.1 Å². The van der Waals surface area contributed by atoms with Gasteiger partial charge >= 0.3 is 0 Å². The molecule has 1 aromatic carbocycles. The van der Waals surface area contributed by atoms with Crippen LogP contribution in [0, 0.1) is 23.2 Å². The fraction of sp³-hybridized carbons (Fsp3) is 0.182. The Balaban J connectivity index is 2.54. The minimum Gasteiger partial charge on any atom is -0.237 e. The Bertz CT molecular complexity index is 488. The zero-order valence-electron chi connectivity index (χ0n) is 8.46. The number of halogens is 2. The van der Waals surface area contributed by atoms with Crippen LogP contribution in [-0.2, 0) is 0 Å². The molecule has 0 spiro atoms.